The Hall–Kier alpha value is -1.64. The zero-order valence-electron chi connectivity index (χ0n) is 12.2. The van der Waals surface area contributed by atoms with Crippen molar-refractivity contribution >= 4 is 10.9 Å². The molecule has 0 bridgehead atoms. The first-order chi connectivity index (χ1) is 9.10. The van der Waals surface area contributed by atoms with Crippen molar-refractivity contribution in [2.45, 2.75) is 46.1 Å². The van der Waals surface area contributed by atoms with Gasteiger partial charge in [-0.1, -0.05) is 37.6 Å². The molecule has 0 saturated heterocycles. The lowest BCUT2D eigenvalue weighted by molar-refractivity contribution is 0.661. The summed E-state index contributed by atoms with van der Waals surface area (Å²) in [5, 5.41) is 4.29. The summed E-state index contributed by atoms with van der Waals surface area (Å²) in [7, 11) is 2.10. The lowest BCUT2D eigenvalue weighted by atomic mass is 9.93. The normalized spacial score (nSPS) is 12.8. The van der Waals surface area contributed by atoms with Gasteiger partial charge in [0.1, 0.15) is 6.54 Å². The molecule has 102 valence electrons. The lowest BCUT2D eigenvalue weighted by Gasteiger charge is -2.11. The van der Waals surface area contributed by atoms with Crippen LogP contribution >= 0.6 is 0 Å². The molecule has 3 heteroatoms. The number of fused-ring (bicyclic) bond motifs is 1. The summed E-state index contributed by atoms with van der Waals surface area (Å²) in [5.74, 6) is 0.573. The molecule has 0 aliphatic carbocycles. The van der Waals surface area contributed by atoms with Gasteiger partial charge in [-0.15, -0.1) is 0 Å². The molecule has 2 aromatic rings. The van der Waals surface area contributed by atoms with Gasteiger partial charge >= 0.3 is 0 Å². The van der Waals surface area contributed by atoms with Gasteiger partial charge in [-0.25, -0.2) is 0 Å². The van der Waals surface area contributed by atoms with E-state index in [0.717, 1.165) is 5.56 Å². The van der Waals surface area contributed by atoms with Crippen LogP contribution < -0.4 is 0 Å². The molecule has 1 heterocycles. The number of nitrogens with zero attached hydrogens (tertiary/aromatic N) is 2. The average Bonchev–Trinajstić information content (AvgIpc) is 2.63. The third-order valence-electron chi connectivity index (χ3n) is 4.07. The third kappa shape index (κ3) is 2.42. The van der Waals surface area contributed by atoms with Gasteiger partial charge in [0.15, 0.2) is 0 Å². The first kappa shape index (κ1) is 13.8. The minimum Gasteiger partial charge on any atom is -0.348 e. The summed E-state index contributed by atoms with van der Waals surface area (Å²) in [6.45, 7) is 6.95. The molecule has 0 saturated carbocycles. The van der Waals surface area contributed by atoms with Crippen LogP contribution in [0.5, 0.6) is 0 Å². The number of hydrogen-bond acceptors (Lipinski definition) is 2. The summed E-state index contributed by atoms with van der Waals surface area (Å²) in [4.78, 5) is 10.4. The highest BCUT2D eigenvalue weighted by molar-refractivity contribution is 5.86. The second kappa shape index (κ2) is 5.55. The minimum atomic E-state index is 0.250. The largest absolute Gasteiger partial charge is 0.348 e. The Morgan fingerprint density at radius 2 is 2.11 bits per heavy atom. The fraction of sp³-hybridized carbons (Fsp3) is 0.500. The minimum absolute atomic E-state index is 0.250. The quantitative estimate of drug-likeness (QED) is 0.718. The van der Waals surface area contributed by atoms with E-state index in [4.69, 9.17) is 0 Å². The van der Waals surface area contributed by atoms with Crippen LogP contribution in [0.4, 0.5) is 0 Å². The van der Waals surface area contributed by atoms with Gasteiger partial charge in [0, 0.05) is 23.6 Å². The molecule has 3 nitrogen and oxygen atoms in total. The van der Waals surface area contributed by atoms with Crippen LogP contribution in [0.3, 0.4) is 0 Å². The van der Waals surface area contributed by atoms with E-state index in [-0.39, 0.29) is 6.54 Å². The van der Waals surface area contributed by atoms with E-state index in [0.29, 0.717) is 5.92 Å². The summed E-state index contributed by atoms with van der Waals surface area (Å²) in [6.07, 6.45) is 2.40. The number of aryl methyl sites for hydroxylation is 1. The maximum atomic E-state index is 10.4. The van der Waals surface area contributed by atoms with Gasteiger partial charge in [-0.05, 0) is 36.5 Å². The number of aromatic nitrogens is 1. The Balaban J connectivity index is 2.59. The zero-order valence-corrected chi connectivity index (χ0v) is 12.2. The summed E-state index contributed by atoms with van der Waals surface area (Å²) >= 11 is 0. The predicted molar refractivity (Wildman–Crippen MR) is 80.5 cm³/mol. The molecule has 0 fully saturated rings. The standard InChI is InChI=1S/C16H22N2O/c1-5-6-11(2)16-12(3)18(4)15-9-13(10-17-19)7-8-14(15)16/h7-9,11H,5-6,10H2,1-4H3. The summed E-state index contributed by atoms with van der Waals surface area (Å²) in [5.41, 5.74) is 4.96. The molecule has 0 aliphatic heterocycles. The van der Waals surface area contributed by atoms with Crippen molar-refractivity contribution in [3.63, 3.8) is 0 Å². The van der Waals surface area contributed by atoms with Crippen molar-refractivity contribution in [1.29, 1.82) is 0 Å². The third-order valence-corrected chi connectivity index (χ3v) is 4.07. The van der Waals surface area contributed by atoms with E-state index >= 15 is 0 Å². The lowest BCUT2D eigenvalue weighted by Crippen LogP contribution is -1.97. The second-order valence-electron chi connectivity index (χ2n) is 5.39. The van der Waals surface area contributed by atoms with Crippen LogP contribution in [0.15, 0.2) is 23.4 Å². The molecule has 0 amide bonds. The molecule has 0 aliphatic rings. The molecule has 1 unspecified atom stereocenters. The molecular weight excluding hydrogens is 236 g/mol. The molecule has 19 heavy (non-hydrogen) atoms. The molecule has 1 atom stereocenters. The Labute approximate surface area is 114 Å². The average molecular weight is 258 g/mol. The number of benzene rings is 1. The Bertz CT molecular complexity index is 598. The zero-order chi connectivity index (χ0) is 14.0. The van der Waals surface area contributed by atoms with E-state index in [9.17, 15) is 4.91 Å². The van der Waals surface area contributed by atoms with E-state index in [1.807, 2.05) is 6.07 Å². The fourth-order valence-electron chi connectivity index (χ4n) is 3.01. The molecule has 1 aromatic heterocycles. The maximum absolute atomic E-state index is 10.4. The molecule has 0 spiro atoms. The van der Waals surface area contributed by atoms with Gasteiger partial charge in [-0.2, -0.15) is 4.91 Å². The van der Waals surface area contributed by atoms with Crippen LogP contribution in [0.2, 0.25) is 0 Å². The van der Waals surface area contributed by atoms with Crippen molar-refractivity contribution in [2.24, 2.45) is 12.2 Å². The van der Waals surface area contributed by atoms with Gasteiger partial charge < -0.3 is 4.57 Å². The van der Waals surface area contributed by atoms with Crippen LogP contribution in [0, 0.1) is 11.8 Å². The Morgan fingerprint density at radius 1 is 1.37 bits per heavy atom. The van der Waals surface area contributed by atoms with Crippen LogP contribution in [-0.4, -0.2) is 4.57 Å². The van der Waals surface area contributed by atoms with Gasteiger partial charge in [0.2, 0.25) is 0 Å². The number of nitroso groups, excluding NO2 is 1. The van der Waals surface area contributed by atoms with E-state index in [1.165, 1.54) is 35.0 Å². The topological polar surface area (TPSA) is 34.4 Å². The van der Waals surface area contributed by atoms with E-state index < -0.39 is 0 Å². The molecule has 0 radical (unpaired) electrons. The van der Waals surface area contributed by atoms with E-state index in [2.05, 4.69) is 49.7 Å². The summed E-state index contributed by atoms with van der Waals surface area (Å²) in [6, 6.07) is 6.25. The SMILES string of the molecule is CCCC(C)c1c(C)n(C)c2cc(CN=O)ccc12. The second-order valence-corrected chi connectivity index (χ2v) is 5.39. The van der Waals surface area contributed by atoms with Crippen LogP contribution in [0.1, 0.15) is 49.4 Å². The molecule has 0 N–H and O–H groups in total. The van der Waals surface area contributed by atoms with Crippen molar-refractivity contribution in [2.75, 3.05) is 0 Å². The van der Waals surface area contributed by atoms with Crippen molar-refractivity contribution in [3.05, 3.63) is 39.9 Å². The number of rotatable bonds is 5. The molecule has 1 aromatic carbocycles. The van der Waals surface area contributed by atoms with Gasteiger partial charge in [0.05, 0.1) is 0 Å². The first-order valence-electron chi connectivity index (χ1n) is 6.97. The first-order valence-corrected chi connectivity index (χ1v) is 6.97. The van der Waals surface area contributed by atoms with Crippen LogP contribution in [0.25, 0.3) is 10.9 Å². The predicted octanol–water partition coefficient (Wildman–Crippen LogP) is 4.66. The Kier molecular flexibility index (Phi) is 4.03. The van der Waals surface area contributed by atoms with Gasteiger partial charge in [-0.3, -0.25) is 0 Å². The fourth-order valence-corrected chi connectivity index (χ4v) is 3.01. The monoisotopic (exact) mass is 258 g/mol. The van der Waals surface area contributed by atoms with Crippen molar-refractivity contribution in [3.8, 4) is 0 Å². The summed E-state index contributed by atoms with van der Waals surface area (Å²) < 4.78 is 2.23. The highest BCUT2D eigenvalue weighted by Gasteiger charge is 2.17. The van der Waals surface area contributed by atoms with Gasteiger partial charge in [0.25, 0.3) is 0 Å². The van der Waals surface area contributed by atoms with E-state index in [1.54, 1.807) is 0 Å². The highest BCUT2D eigenvalue weighted by atomic mass is 16.3. The van der Waals surface area contributed by atoms with Crippen molar-refractivity contribution < 1.29 is 0 Å². The molecule has 2 rings (SSSR count). The maximum Gasteiger partial charge on any atom is 0.106 e. The molecular formula is C16H22N2O. The van der Waals surface area contributed by atoms with Crippen molar-refractivity contribution in [1.82, 2.24) is 4.57 Å². The smallest absolute Gasteiger partial charge is 0.106 e. The highest BCUT2D eigenvalue weighted by Crippen LogP contribution is 2.33. The van der Waals surface area contributed by atoms with Crippen LogP contribution in [-0.2, 0) is 13.6 Å². The Morgan fingerprint density at radius 3 is 2.74 bits per heavy atom. The number of hydrogen-bond donors (Lipinski definition) is 0.